The number of rotatable bonds is 9. The number of ketones is 1. The highest BCUT2D eigenvalue weighted by Gasteiger charge is 2.36. The number of aromatic amines is 1. The summed E-state index contributed by atoms with van der Waals surface area (Å²) in [6.45, 7) is 11.7. The quantitative estimate of drug-likeness (QED) is 0.518. The molecule has 0 bridgehead atoms. The van der Waals surface area contributed by atoms with Gasteiger partial charge in [0.1, 0.15) is 12.3 Å². The Morgan fingerprint density at radius 3 is 2.80 bits per heavy atom. The van der Waals surface area contributed by atoms with Crippen molar-refractivity contribution < 1.29 is 23.8 Å². The largest absolute Gasteiger partial charge is 0.493 e. The molecule has 1 aromatic heterocycles. The third kappa shape index (κ3) is 5.45. The summed E-state index contributed by atoms with van der Waals surface area (Å²) in [5.41, 5.74) is 3.60. The van der Waals surface area contributed by atoms with Gasteiger partial charge < -0.3 is 24.1 Å². The molecule has 35 heavy (non-hydrogen) atoms. The second-order valence-corrected chi connectivity index (χ2v) is 10.3. The molecule has 1 N–H and O–H groups in total. The van der Waals surface area contributed by atoms with Crippen LogP contribution >= 0.6 is 0 Å². The average Bonchev–Trinajstić information content (AvgIpc) is 3.43. The number of carbonyl (C=O) groups excluding carboxylic acids is 2. The molecule has 188 valence electrons. The number of methoxy groups -OCH3 is 1. The van der Waals surface area contributed by atoms with Crippen LogP contribution < -0.4 is 9.47 Å². The summed E-state index contributed by atoms with van der Waals surface area (Å²) < 4.78 is 17.0. The minimum absolute atomic E-state index is 0.00139. The number of benzene rings is 1. The number of nitrogens with one attached hydrogen (secondary N) is 1. The normalized spacial score (nSPS) is 18.7. The number of amides is 1. The molecule has 0 saturated carbocycles. The lowest BCUT2D eigenvalue weighted by atomic mass is 9.75. The van der Waals surface area contributed by atoms with Crippen molar-refractivity contribution in [2.45, 2.75) is 59.1 Å². The van der Waals surface area contributed by atoms with E-state index in [4.69, 9.17) is 14.2 Å². The molecule has 0 spiro atoms. The van der Waals surface area contributed by atoms with Gasteiger partial charge in [-0.2, -0.15) is 0 Å². The number of carbonyl (C=O) groups is 2. The number of aromatic nitrogens is 1. The third-order valence-corrected chi connectivity index (χ3v) is 6.81. The number of ether oxygens (including phenoxy) is 3. The molecule has 0 radical (unpaired) electrons. The number of Topliss-reactive ketones (excluding diaryl/α,β-unsaturated/α-hetero) is 1. The molecule has 7 nitrogen and oxygen atoms in total. The maximum atomic E-state index is 13.9. The van der Waals surface area contributed by atoms with E-state index in [0.29, 0.717) is 48.9 Å². The average molecular weight is 481 g/mol. The first kappa shape index (κ1) is 25.0. The predicted molar refractivity (Wildman–Crippen MR) is 134 cm³/mol. The first-order valence-electron chi connectivity index (χ1n) is 12.3. The zero-order valence-corrected chi connectivity index (χ0v) is 21.2. The van der Waals surface area contributed by atoms with E-state index >= 15 is 0 Å². The Bertz CT molecular complexity index is 1110. The lowest BCUT2D eigenvalue weighted by Crippen LogP contribution is -2.37. The first-order chi connectivity index (χ1) is 16.7. The van der Waals surface area contributed by atoms with Crippen molar-refractivity contribution in [1.29, 1.82) is 0 Å². The van der Waals surface area contributed by atoms with Gasteiger partial charge in [-0.15, -0.1) is 0 Å². The van der Waals surface area contributed by atoms with Crippen LogP contribution in [0.4, 0.5) is 0 Å². The predicted octanol–water partition coefficient (Wildman–Crippen LogP) is 4.87. The minimum Gasteiger partial charge on any atom is -0.493 e. The maximum absolute atomic E-state index is 13.9. The summed E-state index contributed by atoms with van der Waals surface area (Å²) in [7, 11) is 1.60. The van der Waals surface area contributed by atoms with Crippen LogP contribution in [0.15, 0.2) is 30.9 Å². The molecule has 2 heterocycles. The molecule has 2 aromatic rings. The van der Waals surface area contributed by atoms with Gasteiger partial charge in [-0.05, 0) is 54.9 Å². The highest BCUT2D eigenvalue weighted by atomic mass is 16.5. The van der Waals surface area contributed by atoms with Gasteiger partial charge >= 0.3 is 0 Å². The monoisotopic (exact) mass is 480 g/mol. The molecular weight excluding hydrogens is 444 g/mol. The number of hydrogen-bond acceptors (Lipinski definition) is 5. The first-order valence-corrected chi connectivity index (χ1v) is 12.3. The summed E-state index contributed by atoms with van der Waals surface area (Å²) in [4.78, 5) is 31.9. The Kier molecular flexibility index (Phi) is 7.36. The fourth-order valence-electron chi connectivity index (χ4n) is 5.16. The standard InChI is InChI=1S/C28H36N2O5/c1-6-11-35-23-10-9-19(13-24(23)33-5)16-30(17-20-8-7-12-34-20)27(32)26-18(2)25-21(29-26)14-28(3,4)15-22(25)31/h6,9-10,13,20,29H,1,7-8,11-12,14-17H2,2-5H3. The maximum Gasteiger partial charge on any atom is 0.270 e. The molecule has 1 aliphatic heterocycles. The highest BCUT2D eigenvalue weighted by molar-refractivity contribution is 6.04. The van der Waals surface area contributed by atoms with Gasteiger partial charge in [0.25, 0.3) is 5.91 Å². The third-order valence-electron chi connectivity index (χ3n) is 6.81. The minimum atomic E-state index is -0.121. The Balaban J connectivity index is 1.63. The Morgan fingerprint density at radius 1 is 1.31 bits per heavy atom. The molecule has 1 unspecified atom stereocenters. The van der Waals surface area contributed by atoms with Gasteiger partial charge in [-0.3, -0.25) is 9.59 Å². The lowest BCUT2D eigenvalue weighted by Gasteiger charge is -2.28. The summed E-state index contributed by atoms with van der Waals surface area (Å²) in [5, 5.41) is 0. The van der Waals surface area contributed by atoms with Crippen molar-refractivity contribution >= 4 is 11.7 Å². The summed E-state index contributed by atoms with van der Waals surface area (Å²) in [6.07, 6.45) is 4.84. The summed E-state index contributed by atoms with van der Waals surface area (Å²) in [5.74, 6) is 1.22. The van der Waals surface area contributed by atoms with Crippen molar-refractivity contribution in [3.05, 3.63) is 58.9 Å². The SMILES string of the molecule is C=CCOc1ccc(CN(CC2CCCO2)C(=O)c2[nH]c3c(c2C)C(=O)CC(C)(C)C3)cc1OC. The fraction of sp³-hybridized carbons (Fsp3) is 0.500. The van der Waals surface area contributed by atoms with Gasteiger partial charge in [0.2, 0.25) is 0 Å². The Labute approximate surface area is 207 Å². The van der Waals surface area contributed by atoms with E-state index in [-0.39, 0.29) is 23.2 Å². The smallest absolute Gasteiger partial charge is 0.270 e. The van der Waals surface area contributed by atoms with E-state index < -0.39 is 0 Å². The molecule has 1 aliphatic carbocycles. The van der Waals surface area contributed by atoms with Crippen molar-refractivity contribution in [3.63, 3.8) is 0 Å². The van der Waals surface area contributed by atoms with Crippen molar-refractivity contribution in [2.24, 2.45) is 5.41 Å². The summed E-state index contributed by atoms with van der Waals surface area (Å²) >= 11 is 0. The van der Waals surface area contributed by atoms with E-state index in [1.54, 1.807) is 13.2 Å². The number of hydrogen-bond donors (Lipinski definition) is 1. The van der Waals surface area contributed by atoms with Crippen LogP contribution in [0.3, 0.4) is 0 Å². The van der Waals surface area contributed by atoms with E-state index in [1.807, 2.05) is 30.0 Å². The van der Waals surface area contributed by atoms with Crippen molar-refractivity contribution in [3.8, 4) is 11.5 Å². The number of fused-ring (bicyclic) bond motifs is 1. The Morgan fingerprint density at radius 2 is 2.11 bits per heavy atom. The van der Waals surface area contributed by atoms with E-state index in [9.17, 15) is 9.59 Å². The summed E-state index contributed by atoms with van der Waals surface area (Å²) in [6, 6.07) is 5.69. The van der Waals surface area contributed by atoms with E-state index in [0.717, 1.165) is 42.7 Å². The van der Waals surface area contributed by atoms with Crippen molar-refractivity contribution in [2.75, 3.05) is 26.9 Å². The molecule has 1 saturated heterocycles. The molecule has 1 fully saturated rings. The van der Waals surface area contributed by atoms with E-state index in [1.165, 1.54) is 0 Å². The van der Waals surface area contributed by atoms with Crippen LogP contribution in [0, 0.1) is 12.3 Å². The molecule has 4 rings (SSSR count). The second kappa shape index (κ2) is 10.3. The zero-order valence-electron chi connectivity index (χ0n) is 21.2. The zero-order chi connectivity index (χ0) is 25.2. The van der Waals surface area contributed by atoms with Crippen molar-refractivity contribution in [1.82, 2.24) is 9.88 Å². The molecule has 1 aromatic carbocycles. The fourth-order valence-corrected chi connectivity index (χ4v) is 5.16. The van der Waals surface area contributed by atoms with Crippen LogP contribution in [0.2, 0.25) is 0 Å². The van der Waals surface area contributed by atoms with Gasteiger partial charge in [0, 0.05) is 37.4 Å². The molecular formula is C28H36N2O5. The van der Waals surface area contributed by atoms with Gasteiger partial charge in [0.15, 0.2) is 17.3 Å². The van der Waals surface area contributed by atoms with Crippen LogP contribution in [-0.4, -0.2) is 54.5 Å². The number of H-pyrrole nitrogens is 1. The lowest BCUT2D eigenvalue weighted by molar-refractivity contribution is 0.0502. The topological polar surface area (TPSA) is 80.9 Å². The molecule has 7 heteroatoms. The molecule has 1 amide bonds. The van der Waals surface area contributed by atoms with Gasteiger partial charge in [-0.1, -0.05) is 32.6 Å². The van der Waals surface area contributed by atoms with Gasteiger partial charge in [-0.25, -0.2) is 0 Å². The molecule has 1 atom stereocenters. The van der Waals surface area contributed by atoms with Gasteiger partial charge in [0.05, 0.1) is 13.2 Å². The number of nitrogens with zero attached hydrogens (tertiary/aromatic N) is 1. The van der Waals surface area contributed by atoms with E-state index in [2.05, 4.69) is 25.4 Å². The second-order valence-electron chi connectivity index (χ2n) is 10.3. The Hall–Kier alpha value is -3.06. The van der Waals surface area contributed by atoms with Crippen LogP contribution in [0.5, 0.6) is 11.5 Å². The molecule has 2 aliphatic rings. The van der Waals surface area contributed by atoms with Crippen LogP contribution in [-0.2, 0) is 17.7 Å². The highest BCUT2D eigenvalue weighted by Crippen LogP contribution is 2.37. The van der Waals surface area contributed by atoms with Crippen LogP contribution in [0.25, 0.3) is 0 Å². The van der Waals surface area contributed by atoms with Crippen LogP contribution in [0.1, 0.15) is 70.8 Å².